The molecule has 0 spiro atoms. The lowest BCUT2D eigenvalue weighted by atomic mass is 9.81. The van der Waals surface area contributed by atoms with Gasteiger partial charge < -0.3 is 14.7 Å². The highest BCUT2D eigenvalue weighted by molar-refractivity contribution is 5.98. The number of rotatable bonds is 7. The molecule has 0 radical (unpaired) electrons. The van der Waals surface area contributed by atoms with Gasteiger partial charge in [0.05, 0.1) is 18.1 Å². The van der Waals surface area contributed by atoms with Gasteiger partial charge in [0.2, 0.25) is 17.7 Å². The van der Waals surface area contributed by atoms with Gasteiger partial charge in [0.1, 0.15) is 0 Å². The highest BCUT2D eigenvalue weighted by Crippen LogP contribution is 2.30. The van der Waals surface area contributed by atoms with Crippen molar-refractivity contribution in [1.29, 1.82) is 0 Å². The molecule has 1 saturated heterocycles. The van der Waals surface area contributed by atoms with Crippen LogP contribution in [0.1, 0.15) is 113 Å². The second-order valence-electron chi connectivity index (χ2n) is 15.9. The highest BCUT2D eigenvalue weighted by atomic mass is 16.2. The van der Waals surface area contributed by atoms with E-state index in [2.05, 4.69) is 0 Å². The van der Waals surface area contributed by atoms with Crippen molar-refractivity contribution in [2.75, 3.05) is 21.1 Å². The summed E-state index contributed by atoms with van der Waals surface area (Å²) in [5.74, 6) is -4.50. The fourth-order valence-electron chi connectivity index (χ4n) is 7.09. The highest BCUT2D eigenvalue weighted by Gasteiger charge is 2.43. The first kappa shape index (κ1) is 41.4. The first-order valence-electron chi connectivity index (χ1n) is 17.4. The maximum atomic E-state index is 14.1. The molecule has 9 nitrogen and oxygen atoms in total. The molecule has 1 rings (SSSR count). The predicted molar refractivity (Wildman–Crippen MR) is 189 cm³/mol. The standard InChI is InChI=1S/C37H65N3O6.3H2/c1-20(2)16-29-30(41)17-26(21(3)4)36(45)39(14)34(25(11)12)32(43)19-28(23(7)8)37(46)40(15)33(24(9)10)31(42)18-27(22(5)6)35(44)38(29)13;;;/h20-29,33-34H,16-19H2,1-15H3;3*1H/i;3*1+1. The average Bonchev–Trinajstić information content (AvgIpc) is 2.93. The third kappa shape index (κ3) is 10.2. The van der Waals surface area contributed by atoms with Crippen LogP contribution in [0.5, 0.6) is 0 Å². The molecule has 1 aliphatic rings. The van der Waals surface area contributed by atoms with Crippen molar-refractivity contribution in [2.24, 2.45) is 53.3 Å². The summed E-state index contributed by atoms with van der Waals surface area (Å²) >= 11 is 0. The van der Waals surface area contributed by atoms with Crippen LogP contribution in [-0.2, 0) is 28.8 Å². The van der Waals surface area contributed by atoms with Gasteiger partial charge in [-0.3, -0.25) is 28.8 Å². The van der Waals surface area contributed by atoms with Crippen LogP contribution in [0.2, 0.25) is 0 Å². The van der Waals surface area contributed by atoms with Gasteiger partial charge >= 0.3 is 0 Å². The van der Waals surface area contributed by atoms with E-state index in [1.165, 1.54) is 14.7 Å². The molecular weight excluding hydrogens is 582 g/mol. The Labute approximate surface area is 284 Å². The maximum Gasteiger partial charge on any atom is 0.226 e. The van der Waals surface area contributed by atoms with Crippen LogP contribution in [0.25, 0.3) is 0 Å². The molecule has 0 saturated carbocycles. The minimum atomic E-state index is -0.785. The number of hydrogen-bond acceptors (Lipinski definition) is 6. The number of likely N-dealkylation sites (N-methyl/N-ethyl adjacent to an activating group) is 3. The lowest BCUT2D eigenvalue weighted by Gasteiger charge is -2.38. The van der Waals surface area contributed by atoms with Gasteiger partial charge in [-0.05, 0) is 41.9 Å². The summed E-state index contributed by atoms with van der Waals surface area (Å²) < 4.78 is 0. The number of amides is 3. The van der Waals surface area contributed by atoms with E-state index in [1.54, 1.807) is 21.1 Å². The monoisotopic (exact) mass is 657 g/mol. The fraction of sp³-hybridized carbons (Fsp3) is 0.838. The smallest absolute Gasteiger partial charge is 0.226 e. The molecule has 1 heterocycles. The SMILES string of the molecule is CC(C)CC1C(=O)CC(C(C)C)C(=O)N(C)C(C(C)C)C(=O)CC(C(C)C)C(=O)N(C)C(C(C)C)C(=O)CC(C(C)C)C(=O)N1C.[2HH].[2HH].[2HH]. The molecule has 0 bridgehead atoms. The van der Waals surface area contributed by atoms with E-state index in [4.69, 9.17) is 0 Å². The number of carbonyl (C=O) groups is 6. The molecule has 0 aromatic heterocycles. The van der Waals surface area contributed by atoms with E-state index >= 15 is 0 Å². The summed E-state index contributed by atoms with van der Waals surface area (Å²) in [6.07, 6.45) is 0.222. The molecule has 0 aromatic carbocycles. The average molecular weight is 657 g/mol. The summed E-state index contributed by atoms with van der Waals surface area (Å²) in [5, 5.41) is 0. The molecule has 46 heavy (non-hydrogen) atoms. The molecule has 0 N–H and O–H groups in total. The van der Waals surface area contributed by atoms with Crippen molar-refractivity contribution >= 4 is 35.1 Å². The Hall–Kier alpha value is -2.58. The molecule has 270 valence electrons. The van der Waals surface area contributed by atoms with Crippen molar-refractivity contribution in [3.05, 3.63) is 0 Å². The van der Waals surface area contributed by atoms with Gasteiger partial charge in [-0.15, -0.1) is 0 Å². The first-order chi connectivity index (χ1) is 21.1. The van der Waals surface area contributed by atoms with Crippen LogP contribution < -0.4 is 0 Å². The zero-order chi connectivity index (χ0) is 36.0. The minimum Gasteiger partial charge on any atom is -0.335 e. The molecule has 9 heteroatoms. The normalized spacial score (nSPS) is 27.7. The van der Waals surface area contributed by atoms with Crippen LogP contribution in [-0.4, -0.2) is 89.0 Å². The summed E-state index contributed by atoms with van der Waals surface area (Å²) in [7, 11) is 4.85. The molecular formula is C37H71N3O6. The summed E-state index contributed by atoms with van der Waals surface area (Å²) in [5.41, 5.74) is 0. The summed E-state index contributed by atoms with van der Waals surface area (Å²) in [6.45, 7) is 22.8. The molecule has 1 aliphatic heterocycles. The summed E-state index contributed by atoms with van der Waals surface area (Å²) in [4.78, 5) is 88.9. The van der Waals surface area contributed by atoms with Gasteiger partial charge in [0.15, 0.2) is 17.3 Å². The third-order valence-corrected chi connectivity index (χ3v) is 9.96. The Morgan fingerprint density at radius 2 is 0.761 bits per heavy atom. The molecule has 0 aromatic rings. The van der Waals surface area contributed by atoms with Crippen molar-refractivity contribution in [2.45, 2.75) is 127 Å². The lowest BCUT2D eigenvalue weighted by Crippen LogP contribution is -2.53. The Bertz CT molecular complexity index is 1100. The van der Waals surface area contributed by atoms with Crippen molar-refractivity contribution < 1.29 is 33.0 Å². The maximum absolute atomic E-state index is 14.1. The van der Waals surface area contributed by atoms with Crippen LogP contribution in [0.15, 0.2) is 0 Å². The van der Waals surface area contributed by atoms with Crippen LogP contribution in [0.4, 0.5) is 0 Å². The van der Waals surface area contributed by atoms with E-state index in [1.807, 2.05) is 83.1 Å². The van der Waals surface area contributed by atoms with Crippen molar-refractivity contribution in [1.82, 2.24) is 14.7 Å². The van der Waals surface area contributed by atoms with Crippen LogP contribution in [0, 0.1) is 53.3 Å². The van der Waals surface area contributed by atoms with Gasteiger partial charge in [-0.25, -0.2) is 0 Å². The van der Waals surface area contributed by atoms with E-state index in [-0.39, 0.29) is 94.1 Å². The zero-order valence-corrected chi connectivity index (χ0v) is 31.5. The first-order valence-corrected chi connectivity index (χ1v) is 17.4. The second kappa shape index (κ2) is 17.5. The number of Topliss-reactive ketones (excluding diaryl/α,β-unsaturated/α-hetero) is 3. The van der Waals surface area contributed by atoms with E-state index in [0.717, 1.165) is 0 Å². The quantitative estimate of drug-likeness (QED) is 0.319. The Morgan fingerprint density at radius 3 is 1.02 bits per heavy atom. The second-order valence-corrected chi connectivity index (χ2v) is 15.9. The number of nitrogens with zero attached hydrogens (tertiary/aromatic N) is 3. The number of carbonyl (C=O) groups excluding carboxylic acids is 6. The van der Waals surface area contributed by atoms with E-state index in [0.29, 0.717) is 6.42 Å². The fourth-order valence-corrected chi connectivity index (χ4v) is 7.09. The topological polar surface area (TPSA) is 112 Å². The minimum absolute atomic E-state index is 0. The Kier molecular flexibility index (Phi) is 15.8. The van der Waals surface area contributed by atoms with Crippen molar-refractivity contribution in [3.63, 3.8) is 0 Å². The summed E-state index contributed by atoms with van der Waals surface area (Å²) in [6, 6.07) is -2.33. The molecule has 3 amide bonds. The Morgan fingerprint density at radius 1 is 0.478 bits per heavy atom. The molecule has 6 atom stereocenters. The number of hydrogen-bond donors (Lipinski definition) is 0. The predicted octanol–water partition coefficient (Wildman–Crippen LogP) is 6.27. The third-order valence-electron chi connectivity index (χ3n) is 9.96. The Balaban J connectivity index is -0.00000705. The van der Waals surface area contributed by atoms with Gasteiger partial charge in [0.25, 0.3) is 0 Å². The van der Waals surface area contributed by atoms with Crippen molar-refractivity contribution in [3.8, 4) is 0 Å². The van der Waals surface area contributed by atoms with Gasteiger partial charge in [0, 0.05) is 62.4 Å². The van der Waals surface area contributed by atoms with E-state index < -0.39 is 35.9 Å². The van der Waals surface area contributed by atoms with E-state index in [9.17, 15) is 28.8 Å². The zero-order valence-electron chi connectivity index (χ0n) is 31.5. The number of ketones is 3. The lowest BCUT2D eigenvalue weighted by molar-refractivity contribution is -0.151. The van der Waals surface area contributed by atoms with Gasteiger partial charge in [-0.1, -0.05) is 83.1 Å². The molecule has 0 aliphatic carbocycles. The molecule has 1 fully saturated rings. The van der Waals surface area contributed by atoms with Crippen LogP contribution in [0.3, 0.4) is 0 Å². The largest absolute Gasteiger partial charge is 0.335 e. The van der Waals surface area contributed by atoms with Crippen LogP contribution >= 0.6 is 0 Å². The molecule has 6 unspecified atom stereocenters. The van der Waals surface area contributed by atoms with Gasteiger partial charge in [-0.2, -0.15) is 0 Å².